The monoisotopic (exact) mass is 713 g/mol. The van der Waals surface area contributed by atoms with Crippen LogP contribution in [0.5, 0.6) is 0 Å². The Hall–Kier alpha value is -5.14. The molecule has 0 amide bonds. The molecule has 7 aromatic rings. The minimum absolute atomic E-state index is 0.113. The molecule has 0 heterocycles. The molecular weight excluding hydrogens is 663 g/mol. The summed E-state index contributed by atoms with van der Waals surface area (Å²) in [6.45, 7) is 4.82. The Labute approximate surface area is 327 Å². The summed E-state index contributed by atoms with van der Waals surface area (Å²) in [5.41, 5.74) is 14.7. The van der Waals surface area contributed by atoms with E-state index in [-0.39, 0.29) is 5.41 Å². The smallest absolute Gasteiger partial charge is 0.0468 e. The van der Waals surface area contributed by atoms with Crippen LogP contribution in [0, 0.1) is 11.8 Å². The van der Waals surface area contributed by atoms with E-state index in [9.17, 15) is 0 Å². The van der Waals surface area contributed by atoms with Gasteiger partial charge < -0.3 is 4.90 Å². The second kappa shape index (κ2) is 13.0. The van der Waals surface area contributed by atoms with Crippen molar-refractivity contribution in [3.05, 3.63) is 162 Å². The first-order valence-electron chi connectivity index (χ1n) is 21.2. The van der Waals surface area contributed by atoms with Gasteiger partial charge >= 0.3 is 0 Å². The molecule has 0 radical (unpaired) electrons. The van der Waals surface area contributed by atoms with Gasteiger partial charge in [-0.05, 0) is 170 Å². The highest BCUT2D eigenvalue weighted by Crippen LogP contribution is 2.54. The van der Waals surface area contributed by atoms with Crippen LogP contribution >= 0.6 is 0 Å². The summed E-state index contributed by atoms with van der Waals surface area (Å²) in [6, 6.07) is 54.1. The van der Waals surface area contributed by atoms with Gasteiger partial charge in [0.2, 0.25) is 0 Å². The zero-order valence-corrected chi connectivity index (χ0v) is 32.4. The van der Waals surface area contributed by atoms with Gasteiger partial charge in [-0.1, -0.05) is 131 Å². The molecule has 3 fully saturated rings. The largest absolute Gasteiger partial charge is 0.310 e. The van der Waals surface area contributed by atoms with Crippen molar-refractivity contribution in [3.63, 3.8) is 0 Å². The molecule has 11 rings (SSSR count). The first-order chi connectivity index (χ1) is 27.0. The molecule has 0 spiro atoms. The van der Waals surface area contributed by atoms with Crippen LogP contribution in [0.4, 0.5) is 17.1 Å². The minimum Gasteiger partial charge on any atom is -0.310 e. The first kappa shape index (κ1) is 33.2. The lowest BCUT2D eigenvalue weighted by molar-refractivity contribution is 0.420. The Balaban J connectivity index is 1.01. The summed E-state index contributed by atoms with van der Waals surface area (Å²) in [4.78, 5) is 2.52. The number of rotatable bonds is 6. The van der Waals surface area contributed by atoms with Gasteiger partial charge in [0.25, 0.3) is 0 Å². The van der Waals surface area contributed by atoms with Crippen LogP contribution in [0.15, 0.2) is 140 Å². The average Bonchev–Trinajstić information content (AvgIpc) is 3.94. The average molecular weight is 714 g/mol. The summed E-state index contributed by atoms with van der Waals surface area (Å²) in [6.07, 6.45) is 12.4. The topological polar surface area (TPSA) is 3.24 Å². The second-order valence-corrected chi connectivity index (χ2v) is 18.0. The molecule has 1 nitrogen and oxygen atoms in total. The van der Waals surface area contributed by atoms with Crippen molar-refractivity contribution in [1.29, 1.82) is 0 Å². The van der Waals surface area contributed by atoms with Gasteiger partial charge in [-0.2, -0.15) is 0 Å². The van der Waals surface area contributed by atoms with E-state index >= 15 is 0 Å². The van der Waals surface area contributed by atoms with Crippen LogP contribution in [0.3, 0.4) is 0 Å². The van der Waals surface area contributed by atoms with Gasteiger partial charge in [0, 0.05) is 22.5 Å². The quantitative estimate of drug-likeness (QED) is 0.166. The highest BCUT2D eigenvalue weighted by molar-refractivity contribution is 5.93. The minimum atomic E-state index is -0.113. The van der Waals surface area contributed by atoms with Gasteiger partial charge in [-0.25, -0.2) is 0 Å². The van der Waals surface area contributed by atoms with Gasteiger partial charge in [0.1, 0.15) is 0 Å². The molecule has 272 valence electrons. The highest BCUT2D eigenvalue weighted by atomic mass is 15.1. The summed E-state index contributed by atoms with van der Waals surface area (Å²) >= 11 is 0. The summed E-state index contributed by atoms with van der Waals surface area (Å²) in [7, 11) is 0. The van der Waals surface area contributed by atoms with Gasteiger partial charge in [-0.15, -0.1) is 0 Å². The molecular formula is C54H51N. The van der Waals surface area contributed by atoms with E-state index in [0.29, 0.717) is 5.92 Å². The van der Waals surface area contributed by atoms with Crippen molar-refractivity contribution >= 4 is 38.6 Å². The highest BCUT2D eigenvalue weighted by Gasteiger charge is 2.40. The Morgan fingerprint density at radius 3 is 1.98 bits per heavy atom. The lowest BCUT2D eigenvalue weighted by atomic mass is 9.82. The van der Waals surface area contributed by atoms with Crippen LogP contribution in [0.2, 0.25) is 0 Å². The number of benzene rings is 7. The SMILES string of the molecule is CC1(C)c2ccc(-c3ccc4ccccc4c3)cc2-c2ccc(N(c3ccc(C4CC5CCC4C5)cc3)c3ccc4ccc(C5CCCCC5)cc4c3)cc21. The maximum absolute atomic E-state index is 2.52. The van der Waals surface area contributed by atoms with Crippen LogP contribution in [-0.4, -0.2) is 0 Å². The molecule has 4 aliphatic carbocycles. The molecule has 3 unspecified atom stereocenters. The summed E-state index contributed by atoms with van der Waals surface area (Å²) < 4.78 is 0. The summed E-state index contributed by atoms with van der Waals surface area (Å²) in [5.74, 6) is 3.26. The molecule has 3 atom stereocenters. The van der Waals surface area contributed by atoms with E-state index in [1.54, 1.807) is 5.56 Å². The zero-order valence-electron chi connectivity index (χ0n) is 32.4. The molecule has 0 saturated heterocycles. The number of anilines is 3. The summed E-state index contributed by atoms with van der Waals surface area (Å²) in [5, 5.41) is 5.24. The molecule has 2 bridgehead atoms. The fourth-order valence-electron chi connectivity index (χ4n) is 11.5. The van der Waals surface area contributed by atoms with E-state index in [1.807, 2.05) is 0 Å². The van der Waals surface area contributed by atoms with Crippen molar-refractivity contribution in [2.24, 2.45) is 11.8 Å². The fourth-order valence-corrected chi connectivity index (χ4v) is 11.5. The van der Waals surface area contributed by atoms with Crippen LogP contribution in [0.25, 0.3) is 43.8 Å². The van der Waals surface area contributed by atoms with E-state index in [0.717, 1.165) is 17.8 Å². The lowest BCUT2D eigenvalue weighted by Crippen LogP contribution is -2.16. The van der Waals surface area contributed by atoms with Gasteiger partial charge in [0.05, 0.1) is 0 Å². The second-order valence-electron chi connectivity index (χ2n) is 18.0. The van der Waals surface area contributed by atoms with E-state index < -0.39 is 0 Å². The molecule has 7 aromatic carbocycles. The molecule has 1 heteroatoms. The molecule has 3 saturated carbocycles. The maximum Gasteiger partial charge on any atom is 0.0468 e. The molecule has 0 aliphatic heterocycles. The number of nitrogens with zero attached hydrogens (tertiary/aromatic N) is 1. The molecule has 55 heavy (non-hydrogen) atoms. The van der Waals surface area contributed by atoms with Crippen molar-refractivity contribution in [2.45, 2.75) is 88.9 Å². The molecule has 0 aromatic heterocycles. The zero-order chi connectivity index (χ0) is 36.7. The normalized spacial score (nSPS) is 21.2. The number of hydrogen-bond donors (Lipinski definition) is 0. The van der Waals surface area contributed by atoms with Crippen molar-refractivity contribution in [3.8, 4) is 22.3 Å². The Morgan fingerprint density at radius 2 is 1.16 bits per heavy atom. The first-order valence-corrected chi connectivity index (χ1v) is 21.2. The van der Waals surface area contributed by atoms with Crippen molar-refractivity contribution < 1.29 is 0 Å². The molecule has 4 aliphatic rings. The van der Waals surface area contributed by atoms with Crippen LogP contribution in [0.1, 0.15) is 106 Å². The third kappa shape index (κ3) is 5.65. The third-order valence-electron chi connectivity index (χ3n) is 14.5. The van der Waals surface area contributed by atoms with Gasteiger partial charge in [0.15, 0.2) is 0 Å². The molecule has 0 N–H and O–H groups in total. The van der Waals surface area contributed by atoms with Crippen molar-refractivity contribution in [2.75, 3.05) is 4.90 Å². The lowest BCUT2D eigenvalue weighted by Gasteiger charge is -2.29. The van der Waals surface area contributed by atoms with Gasteiger partial charge in [-0.3, -0.25) is 0 Å². The van der Waals surface area contributed by atoms with Crippen molar-refractivity contribution in [1.82, 2.24) is 0 Å². The standard InChI is InChI=1S/C54H51N/c1-54(2)52-27-21-43(42-17-14-37-10-6-7-11-40(37)30-42)33-51(52)49-26-25-48(34-53(49)54)55(46-22-19-39(20-23-46)50-29-35-12-13-44(50)28-35)47-24-18-38-15-16-41(31-45(38)32-47)36-8-4-3-5-9-36/h6-7,10-11,14-27,30-36,44,50H,3-5,8-9,12-13,28-29H2,1-2H3. The van der Waals surface area contributed by atoms with E-state index in [1.165, 1.54) is 135 Å². The number of hydrogen-bond acceptors (Lipinski definition) is 1. The van der Waals surface area contributed by atoms with E-state index in [4.69, 9.17) is 0 Å². The van der Waals surface area contributed by atoms with Crippen LogP contribution in [-0.2, 0) is 5.41 Å². The fraction of sp³-hybridized carbons (Fsp3) is 0.296. The van der Waals surface area contributed by atoms with E-state index in [2.05, 4.69) is 158 Å². The predicted octanol–water partition coefficient (Wildman–Crippen LogP) is 15.4. The predicted molar refractivity (Wildman–Crippen MR) is 233 cm³/mol. The Bertz CT molecular complexity index is 2580. The number of fused-ring (bicyclic) bond motifs is 7. The van der Waals surface area contributed by atoms with Crippen LogP contribution < -0.4 is 4.90 Å². The Morgan fingerprint density at radius 1 is 0.473 bits per heavy atom. The third-order valence-corrected chi connectivity index (χ3v) is 14.5. The maximum atomic E-state index is 2.52. The Kier molecular flexibility index (Phi) is 7.84.